The third kappa shape index (κ3) is 4.69. The van der Waals surface area contributed by atoms with Crippen LogP contribution in [0.4, 0.5) is 11.5 Å². The Balaban J connectivity index is 1.52. The number of piperidine rings is 1. The lowest BCUT2D eigenvalue weighted by atomic mass is 9.99. The summed E-state index contributed by atoms with van der Waals surface area (Å²) in [5.41, 5.74) is 1.26. The highest BCUT2D eigenvalue weighted by atomic mass is 32.2. The SMILES string of the molecule is Cc1ccnc(NS(=O)(=O)c2ccc3c(c2)NC(=O)[C@@H](C(=O)N2CCC(C)CC2)S3)c1. The fraction of sp³-hybridized carbons (Fsp3) is 0.381. The molecular weight excluding hydrogens is 436 g/mol. The van der Waals surface area contributed by atoms with Gasteiger partial charge in [-0.15, -0.1) is 11.8 Å². The number of amides is 2. The van der Waals surface area contributed by atoms with Gasteiger partial charge in [0.05, 0.1) is 10.6 Å². The Morgan fingerprint density at radius 1 is 1.23 bits per heavy atom. The third-order valence-corrected chi connectivity index (χ3v) is 8.09. The number of benzene rings is 1. The quantitative estimate of drug-likeness (QED) is 0.679. The Bertz CT molecular complexity index is 1130. The van der Waals surface area contributed by atoms with E-state index in [4.69, 9.17) is 0 Å². The Hall–Kier alpha value is -2.59. The van der Waals surface area contributed by atoms with Crippen molar-refractivity contribution in [2.45, 2.75) is 41.7 Å². The minimum atomic E-state index is -3.88. The molecular formula is C21H24N4O4S2. The number of likely N-dealkylation sites (tertiary alicyclic amines) is 1. The lowest BCUT2D eigenvalue weighted by molar-refractivity contribution is -0.135. The third-order valence-electron chi connectivity index (χ3n) is 5.48. The van der Waals surface area contributed by atoms with Crippen molar-refractivity contribution in [1.29, 1.82) is 0 Å². The summed E-state index contributed by atoms with van der Waals surface area (Å²) < 4.78 is 28.0. The van der Waals surface area contributed by atoms with Gasteiger partial charge in [0.25, 0.3) is 10.0 Å². The Kier molecular flexibility index (Phi) is 5.94. The minimum Gasteiger partial charge on any atom is -0.341 e. The van der Waals surface area contributed by atoms with E-state index in [9.17, 15) is 18.0 Å². The number of nitrogens with zero attached hydrogens (tertiary/aromatic N) is 2. The molecule has 1 fully saturated rings. The topological polar surface area (TPSA) is 108 Å². The van der Waals surface area contributed by atoms with E-state index in [0.29, 0.717) is 29.6 Å². The zero-order valence-corrected chi connectivity index (χ0v) is 18.9. The first-order valence-corrected chi connectivity index (χ1v) is 12.4. The van der Waals surface area contributed by atoms with Crippen LogP contribution in [-0.4, -0.2) is 48.5 Å². The minimum absolute atomic E-state index is 0.00486. The number of nitrogens with one attached hydrogen (secondary N) is 2. The summed E-state index contributed by atoms with van der Waals surface area (Å²) in [5, 5.41) is 1.85. The number of sulfonamides is 1. The molecule has 10 heteroatoms. The molecule has 0 radical (unpaired) electrons. The van der Waals surface area contributed by atoms with Gasteiger partial charge < -0.3 is 10.2 Å². The summed E-state index contributed by atoms with van der Waals surface area (Å²) in [5.74, 6) is 0.187. The highest BCUT2D eigenvalue weighted by molar-refractivity contribution is 8.01. The van der Waals surface area contributed by atoms with Gasteiger partial charge in [0, 0.05) is 24.2 Å². The van der Waals surface area contributed by atoms with Crippen molar-refractivity contribution in [2.75, 3.05) is 23.1 Å². The molecule has 0 unspecified atom stereocenters. The summed E-state index contributed by atoms with van der Waals surface area (Å²) in [6.45, 7) is 5.32. The average molecular weight is 461 g/mol. The molecule has 3 heterocycles. The average Bonchev–Trinajstić information content (AvgIpc) is 2.72. The van der Waals surface area contributed by atoms with E-state index < -0.39 is 21.2 Å². The highest BCUT2D eigenvalue weighted by Gasteiger charge is 2.37. The molecule has 0 bridgehead atoms. The van der Waals surface area contributed by atoms with Gasteiger partial charge in [-0.2, -0.15) is 0 Å². The van der Waals surface area contributed by atoms with Crippen LogP contribution in [0.3, 0.4) is 0 Å². The highest BCUT2D eigenvalue weighted by Crippen LogP contribution is 2.38. The van der Waals surface area contributed by atoms with Crippen molar-refractivity contribution < 1.29 is 18.0 Å². The number of hydrogen-bond donors (Lipinski definition) is 2. The number of anilines is 2. The summed E-state index contributed by atoms with van der Waals surface area (Å²) in [6, 6.07) is 7.89. The number of aromatic nitrogens is 1. The molecule has 1 atom stereocenters. The van der Waals surface area contributed by atoms with Gasteiger partial charge in [-0.25, -0.2) is 13.4 Å². The van der Waals surface area contributed by atoms with E-state index in [-0.39, 0.29) is 16.6 Å². The number of aryl methyl sites for hydroxylation is 1. The van der Waals surface area contributed by atoms with Crippen LogP contribution in [-0.2, 0) is 19.6 Å². The summed E-state index contributed by atoms with van der Waals surface area (Å²) in [6.07, 6.45) is 3.40. The van der Waals surface area contributed by atoms with E-state index in [1.165, 1.54) is 18.3 Å². The molecule has 2 amide bonds. The molecule has 31 heavy (non-hydrogen) atoms. The van der Waals surface area contributed by atoms with Crippen LogP contribution in [0.1, 0.15) is 25.3 Å². The monoisotopic (exact) mass is 460 g/mol. The predicted molar refractivity (Wildman–Crippen MR) is 119 cm³/mol. The number of carbonyl (C=O) groups is 2. The van der Waals surface area contributed by atoms with Crippen molar-refractivity contribution in [1.82, 2.24) is 9.88 Å². The van der Waals surface area contributed by atoms with Crippen molar-refractivity contribution >= 4 is 45.1 Å². The normalized spacial score (nSPS) is 19.5. The van der Waals surface area contributed by atoms with Crippen LogP contribution in [0.2, 0.25) is 0 Å². The molecule has 164 valence electrons. The molecule has 1 saturated heterocycles. The first-order chi connectivity index (χ1) is 14.7. The Labute approximate surface area is 185 Å². The predicted octanol–water partition coefficient (Wildman–Crippen LogP) is 2.86. The van der Waals surface area contributed by atoms with Crippen LogP contribution in [0.15, 0.2) is 46.3 Å². The summed E-state index contributed by atoms with van der Waals surface area (Å²) >= 11 is 1.16. The van der Waals surface area contributed by atoms with E-state index >= 15 is 0 Å². The van der Waals surface area contributed by atoms with E-state index in [1.54, 1.807) is 23.1 Å². The van der Waals surface area contributed by atoms with Crippen molar-refractivity contribution in [3.8, 4) is 0 Å². The van der Waals surface area contributed by atoms with Gasteiger partial charge >= 0.3 is 0 Å². The van der Waals surface area contributed by atoms with E-state index in [0.717, 1.165) is 30.2 Å². The lowest BCUT2D eigenvalue weighted by Gasteiger charge is -2.33. The smallest absolute Gasteiger partial charge is 0.263 e. The summed E-state index contributed by atoms with van der Waals surface area (Å²) in [4.78, 5) is 31.9. The molecule has 2 aliphatic heterocycles. The number of hydrogen-bond acceptors (Lipinski definition) is 6. The fourth-order valence-electron chi connectivity index (χ4n) is 3.60. The first kappa shape index (κ1) is 21.6. The molecule has 1 aromatic carbocycles. The second kappa shape index (κ2) is 8.51. The Morgan fingerprint density at radius 3 is 2.68 bits per heavy atom. The second-order valence-electron chi connectivity index (χ2n) is 7.98. The number of fused-ring (bicyclic) bond motifs is 1. The maximum absolute atomic E-state index is 12.9. The van der Waals surface area contributed by atoms with Gasteiger partial charge in [-0.3, -0.25) is 14.3 Å². The van der Waals surface area contributed by atoms with Crippen LogP contribution in [0.25, 0.3) is 0 Å². The lowest BCUT2D eigenvalue weighted by Crippen LogP contribution is -2.47. The van der Waals surface area contributed by atoms with Crippen molar-refractivity contribution in [2.24, 2.45) is 5.92 Å². The molecule has 2 aromatic rings. The number of thioether (sulfide) groups is 1. The van der Waals surface area contributed by atoms with Gasteiger partial charge in [-0.1, -0.05) is 6.92 Å². The number of carbonyl (C=O) groups excluding carboxylic acids is 2. The maximum atomic E-state index is 12.9. The molecule has 0 spiro atoms. The number of rotatable bonds is 4. The summed E-state index contributed by atoms with van der Waals surface area (Å²) in [7, 11) is -3.88. The second-order valence-corrected chi connectivity index (χ2v) is 10.8. The molecule has 2 N–H and O–H groups in total. The molecule has 8 nitrogen and oxygen atoms in total. The zero-order valence-electron chi connectivity index (χ0n) is 17.3. The molecule has 2 aliphatic rings. The fourth-order valence-corrected chi connectivity index (χ4v) is 5.68. The van der Waals surface area contributed by atoms with Gasteiger partial charge in [0.15, 0.2) is 5.25 Å². The van der Waals surface area contributed by atoms with E-state index in [1.807, 2.05) is 6.92 Å². The van der Waals surface area contributed by atoms with Crippen molar-refractivity contribution in [3.05, 3.63) is 42.1 Å². The molecule has 0 saturated carbocycles. The van der Waals surface area contributed by atoms with E-state index in [2.05, 4.69) is 21.9 Å². The van der Waals surface area contributed by atoms with Crippen LogP contribution < -0.4 is 10.0 Å². The largest absolute Gasteiger partial charge is 0.341 e. The standard InChI is InChI=1S/C21H24N4O4S2/c1-13-6-9-25(10-7-13)21(27)19-20(26)23-16-12-15(3-4-17(16)30-19)31(28,29)24-18-11-14(2)5-8-22-18/h3-5,8,11-13,19H,6-7,9-10H2,1-2H3,(H,22,24)(H,23,26)/t19-/m0/s1. The van der Waals surface area contributed by atoms with Crippen LogP contribution in [0.5, 0.6) is 0 Å². The first-order valence-electron chi connectivity index (χ1n) is 10.1. The van der Waals surface area contributed by atoms with Crippen LogP contribution >= 0.6 is 11.8 Å². The number of pyridine rings is 1. The Morgan fingerprint density at radius 2 is 1.97 bits per heavy atom. The molecule has 1 aromatic heterocycles. The van der Waals surface area contributed by atoms with Gasteiger partial charge in [0.2, 0.25) is 11.8 Å². The molecule has 0 aliphatic carbocycles. The van der Waals surface area contributed by atoms with Crippen molar-refractivity contribution in [3.63, 3.8) is 0 Å². The molecule has 4 rings (SSSR count). The van der Waals surface area contributed by atoms with Crippen LogP contribution in [0, 0.1) is 12.8 Å². The van der Waals surface area contributed by atoms with Gasteiger partial charge in [-0.05, 0) is 61.6 Å². The maximum Gasteiger partial charge on any atom is 0.263 e. The van der Waals surface area contributed by atoms with Gasteiger partial charge in [0.1, 0.15) is 5.82 Å². The zero-order chi connectivity index (χ0) is 22.2.